The fraction of sp³-hybridized carbons (Fsp3) is 0.684. The van der Waals surface area contributed by atoms with Crippen LogP contribution in [0.3, 0.4) is 0 Å². The Morgan fingerprint density at radius 1 is 1.14 bits per heavy atom. The summed E-state index contributed by atoms with van der Waals surface area (Å²) in [6.07, 6.45) is 8.83. The van der Waals surface area contributed by atoms with Crippen molar-refractivity contribution in [3.05, 3.63) is 29.8 Å². The molecule has 2 nitrogen and oxygen atoms in total. The van der Waals surface area contributed by atoms with Crippen LogP contribution in [0.15, 0.2) is 24.3 Å². The molecule has 0 aliphatic heterocycles. The lowest BCUT2D eigenvalue weighted by atomic mass is 9.83. The molecule has 1 atom stereocenters. The maximum Gasteiger partial charge on any atom is 0.0399 e. The maximum atomic E-state index is 6.17. The van der Waals surface area contributed by atoms with Crippen molar-refractivity contribution in [2.24, 2.45) is 11.7 Å². The molecule has 0 bridgehead atoms. The van der Waals surface area contributed by atoms with Gasteiger partial charge in [-0.05, 0) is 56.1 Å². The molecule has 0 spiro atoms. The van der Waals surface area contributed by atoms with Crippen LogP contribution in [-0.2, 0) is 6.42 Å². The lowest BCUT2D eigenvalue weighted by Gasteiger charge is -2.37. The topological polar surface area (TPSA) is 29.3 Å². The van der Waals surface area contributed by atoms with Crippen LogP contribution in [0.25, 0.3) is 0 Å². The summed E-state index contributed by atoms with van der Waals surface area (Å²) in [4.78, 5) is 2.52. The second-order valence-electron chi connectivity index (χ2n) is 6.69. The Bertz CT molecular complexity index is 421. The molecule has 21 heavy (non-hydrogen) atoms. The lowest BCUT2D eigenvalue weighted by Crippen LogP contribution is -2.36. The van der Waals surface area contributed by atoms with E-state index < -0.39 is 0 Å². The second kappa shape index (κ2) is 7.84. The summed E-state index contributed by atoms with van der Waals surface area (Å²) in [5.74, 6) is 0.957. The quantitative estimate of drug-likeness (QED) is 0.842. The molecule has 2 N–H and O–H groups in total. The van der Waals surface area contributed by atoms with Crippen molar-refractivity contribution in [1.29, 1.82) is 0 Å². The zero-order chi connectivity index (χ0) is 15.2. The van der Waals surface area contributed by atoms with Crippen molar-refractivity contribution in [3.63, 3.8) is 0 Å². The van der Waals surface area contributed by atoms with Gasteiger partial charge in [-0.2, -0.15) is 0 Å². The van der Waals surface area contributed by atoms with Gasteiger partial charge < -0.3 is 10.6 Å². The second-order valence-corrected chi connectivity index (χ2v) is 6.69. The fourth-order valence-corrected chi connectivity index (χ4v) is 3.59. The summed E-state index contributed by atoms with van der Waals surface area (Å²) in [7, 11) is 2.27. The van der Waals surface area contributed by atoms with Gasteiger partial charge in [-0.25, -0.2) is 0 Å². The van der Waals surface area contributed by atoms with E-state index in [1.807, 2.05) is 0 Å². The zero-order valence-electron chi connectivity index (χ0n) is 14.0. The molecule has 0 radical (unpaired) electrons. The summed E-state index contributed by atoms with van der Waals surface area (Å²) in [5, 5.41) is 0. The smallest absolute Gasteiger partial charge is 0.0399 e. The summed E-state index contributed by atoms with van der Waals surface area (Å²) in [6, 6.07) is 9.79. The van der Waals surface area contributed by atoms with E-state index in [0.29, 0.717) is 6.04 Å². The first-order valence-electron chi connectivity index (χ1n) is 8.72. The minimum absolute atomic E-state index is 0.273. The van der Waals surface area contributed by atoms with E-state index in [4.69, 9.17) is 5.73 Å². The lowest BCUT2D eigenvalue weighted by molar-refractivity contribution is 0.313. The number of anilines is 1. The van der Waals surface area contributed by atoms with Gasteiger partial charge in [0, 0.05) is 24.8 Å². The third-order valence-electron chi connectivity index (χ3n) is 5.32. The van der Waals surface area contributed by atoms with Crippen LogP contribution in [0.5, 0.6) is 0 Å². The van der Waals surface area contributed by atoms with Gasteiger partial charge in [-0.3, -0.25) is 0 Å². The van der Waals surface area contributed by atoms with E-state index >= 15 is 0 Å². The molecule has 1 fully saturated rings. The molecule has 0 saturated heterocycles. The van der Waals surface area contributed by atoms with Crippen LogP contribution in [0.4, 0.5) is 5.69 Å². The first-order valence-corrected chi connectivity index (χ1v) is 8.72. The Labute approximate surface area is 130 Å². The average Bonchev–Trinajstić information content (AvgIpc) is 2.54. The molecular formula is C19H32N2. The van der Waals surface area contributed by atoms with Crippen LogP contribution in [0.2, 0.25) is 0 Å². The minimum atomic E-state index is 0.273. The average molecular weight is 288 g/mol. The Hall–Kier alpha value is -1.02. The molecule has 0 amide bonds. The Balaban J connectivity index is 2.06. The number of hydrogen-bond donors (Lipinski definition) is 1. The van der Waals surface area contributed by atoms with Gasteiger partial charge >= 0.3 is 0 Å². The molecule has 0 heterocycles. The third-order valence-corrected chi connectivity index (χ3v) is 5.32. The van der Waals surface area contributed by atoms with E-state index in [1.54, 1.807) is 0 Å². The third kappa shape index (κ3) is 4.23. The van der Waals surface area contributed by atoms with Gasteiger partial charge in [0.1, 0.15) is 0 Å². The molecule has 1 aromatic carbocycles. The van der Waals surface area contributed by atoms with Crippen LogP contribution in [0.1, 0.15) is 57.9 Å². The van der Waals surface area contributed by atoms with E-state index in [-0.39, 0.29) is 6.04 Å². The van der Waals surface area contributed by atoms with Crippen molar-refractivity contribution >= 4 is 5.69 Å². The van der Waals surface area contributed by atoms with Crippen molar-refractivity contribution < 1.29 is 0 Å². The zero-order valence-corrected chi connectivity index (χ0v) is 14.0. The fourth-order valence-electron chi connectivity index (χ4n) is 3.59. The number of hydrogen-bond acceptors (Lipinski definition) is 2. The number of para-hydroxylation sites is 1. The predicted octanol–water partition coefficient (Wildman–Crippen LogP) is 4.37. The highest BCUT2D eigenvalue weighted by Crippen LogP contribution is 2.32. The SMILES string of the molecule is CCC(N)Cc1ccccc1N(C)C1CCC(CC)CC1. The minimum Gasteiger partial charge on any atom is -0.371 e. The van der Waals surface area contributed by atoms with E-state index in [2.05, 4.69) is 50.1 Å². The number of nitrogens with two attached hydrogens (primary N) is 1. The standard InChI is InChI=1S/C19H32N2/c1-4-15-10-12-18(13-11-15)21(3)19-9-7-6-8-16(19)14-17(20)5-2/h6-9,15,17-18H,4-5,10-14,20H2,1-3H3. The predicted molar refractivity (Wildman–Crippen MR) is 92.9 cm³/mol. The van der Waals surface area contributed by atoms with Gasteiger partial charge in [-0.1, -0.05) is 38.5 Å². The van der Waals surface area contributed by atoms with Gasteiger partial charge in [0.25, 0.3) is 0 Å². The molecule has 118 valence electrons. The molecule has 1 saturated carbocycles. The summed E-state index contributed by atoms with van der Waals surface area (Å²) < 4.78 is 0. The molecule has 2 heteroatoms. The first-order chi connectivity index (χ1) is 10.2. The van der Waals surface area contributed by atoms with Gasteiger partial charge in [-0.15, -0.1) is 0 Å². The molecule has 0 aromatic heterocycles. The highest BCUT2D eigenvalue weighted by Gasteiger charge is 2.24. The summed E-state index contributed by atoms with van der Waals surface area (Å²) in [6.45, 7) is 4.50. The normalized spacial score (nSPS) is 23.8. The van der Waals surface area contributed by atoms with Crippen LogP contribution < -0.4 is 10.6 Å². The summed E-state index contributed by atoms with van der Waals surface area (Å²) in [5.41, 5.74) is 8.97. The maximum absolute atomic E-state index is 6.17. The Morgan fingerprint density at radius 2 is 1.81 bits per heavy atom. The highest BCUT2D eigenvalue weighted by molar-refractivity contribution is 5.54. The van der Waals surface area contributed by atoms with E-state index in [1.165, 1.54) is 43.4 Å². The number of benzene rings is 1. The molecule has 1 unspecified atom stereocenters. The van der Waals surface area contributed by atoms with Crippen molar-refractivity contribution in [3.8, 4) is 0 Å². The van der Waals surface area contributed by atoms with Crippen LogP contribution in [-0.4, -0.2) is 19.1 Å². The largest absolute Gasteiger partial charge is 0.371 e. The monoisotopic (exact) mass is 288 g/mol. The highest BCUT2D eigenvalue weighted by atomic mass is 15.1. The van der Waals surface area contributed by atoms with E-state index in [9.17, 15) is 0 Å². The number of rotatable bonds is 6. The first kappa shape index (κ1) is 16.4. The molecular weight excluding hydrogens is 256 g/mol. The Kier molecular flexibility index (Phi) is 6.10. The number of nitrogens with zero attached hydrogens (tertiary/aromatic N) is 1. The van der Waals surface area contributed by atoms with Crippen molar-refractivity contribution in [2.75, 3.05) is 11.9 Å². The Morgan fingerprint density at radius 3 is 2.43 bits per heavy atom. The van der Waals surface area contributed by atoms with Gasteiger partial charge in [0.15, 0.2) is 0 Å². The molecule has 1 aliphatic rings. The summed E-state index contributed by atoms with van der Waals surface area (Å²) >= 11 is 0. The molecule has 1 aliphatic carbocycles. The molecule has 2 rings (SSSR count). The van der Waals surface area contributed by atoms with Gasteiger partial charge in [0.2, 0.25) is 0 Å². The van der Waals surface area contributed by atoms with Crippen LogP contribution >= 0.6 is 0 Å². The van der Waals surface area contributed by atoms with E-state index in [0.717, 1.165) is 18.8 Å². The molecule has 1 aromatic rings. The van der Waals surface area contributed by atoms with Gasteiger partial charge in [0.05, 0.1) is 0 Å². The van der Waals surface area contributed by atoms with Crippen LogP contribution in [0, 0.1) is 5.92 Å². The van der Waals surface area contributed by atoms with Crippen molar-refractivity contribution in [1.82, 2.24) is 0 Å². The van der Waals surface area contributed by atoms with Crippen molar-refractivity contribution in [2.45, 2.75) is 70.9 Å².